The van der Waals surface area contributed by atoms with E-state index < -0.39 is 0 Å². The molecule has 2 aromatic heterocycles. The normalized spacial score (nSPS) is 23.1. The molecule has 2 amide bonds. The first-order chi connectivity index (χ1) is 14.8. The Labute approximate surface area is 190 Å². The van der Waals surface area contributed by atoms with Gasteiger partial charge in [-0.15, -0.1) is 11.3 Å². The van der Waals surface area contributed by atoms with Gasteiger partial charge in [0.15, 0.2) is 0 Å². The molecule has 0 aromatic carbocycles. The molecule has 0 bridgehead atoms. The summed E-state index contributed by atoms with van der Waals surface area (Å²) in [4.78, 5) is 32.7. The highest BCUT2D eigenvalue weighted by molar-refractivity contribution is 7.17. The van der Waals surface area contributed by atoms with Gasteiger partial charge in [0.2, 0.25) is 5.91 Å². The molecule has 9 heteroatoms. The van der Waals surface area contributed by atoms with Crippen LogP contribution in [-0.2, 0) is 14.3 Å². The van der Waals surface area contributed by atoms with Crippen molar-refractivity contribution >= 4 is 34.5 Å². The van der Waals surface area contributed by atoms with Gasteiger partial charge >= 0.3 is 0 Å². The average Bonchev–Trinajstić information content (AvgIpc) is 3.47. The summed E-state index contributed by atoms with van der Waals surface area (Å²) in [6.07, 6.45) is 2.34. The number of thiophene rings is 1. The standard InChI is InChI=1S/C22H29N3O4S2/c1-14-10-17(11-25(14)18(26)12-29-22(3)5-7-28-8-6-22)24-20(27)19-15(2)23-21(31-19)16-4-9-30-13-16/h4,9,13-14,17H,5-8,10-12H2,1-3H3,(H,24,27). The predicted octanol–water partition coefficient (Wildman–Crippen LogP) is 3.48. The maximum Gasteiger partial charge on any atom is 0.263 e. The molecular weight excluding hydrogens is 434 g/mol. The summed E-state index contributed by atoms with van der Waals surface area (Å²) in [5.41, 5.74) is 1.48. The third kappa shape index (κ3) is 5.16. The van der Waals surface area contributed by atoms with E-state index in [1.165, 1.54) is 11.3 Å². The molecule has 0 spiro atoms. The second-order valence-corrected chi connectivity index (χ2v) is 10.4. The van der Waals surface area contributed by atoms with E-state index in [4.69, 9.17) is 9.47 Å². The third-order valence-corrected chi connectivity index (χ3v) is 7.98. The molecule has 4 heterocycles. The minimum absolute atomic E-state index is 0.0225. The molecule has 2 aliphatic rings. The lowest BCUT2D eigenvalue weighted by molar-refractivity contribution is -0.150. The highest BCUT2D eigenvalue weighted by atomic mass is 32.1. The Balaban J connectivity index is 1.32. The number of nitrogens with one attached hydrogen (secondary N) is 1. The van der Waals surface area contributed by atoms with Crippen LogP contribution in [-0.4, -0.2) is 65.7 Å². The Morgan fingerprint density at radius 2 is 2.16 bits per heavy atom. The van der Waals surface area contributed by atoms with Gasteiger partial charge < -0.3 is 19.7 Å². The van der Waals surface area contributed by atoms with E-state index in [1.54, 1.807) is 11.3 Å². The summed E-state index contributed by atoms with van der Waals surface area (Å²) in [7, 11) is 0. The van der Waals surface area contributed by atoms with Crippen molar-refractivity contribution in [3.8, 4) is 10.6 Å². The number of likely N-dealkylation sites (tertiary alicyclic amines) is 1. The van der Waals surface area contributed by atoms with Gasteiger partial charge in [-0.3, -0.25) is 9.59 Å². The van der Waals surface area contributed by atoms with Crippen LogP contribution < -0.4 is 5.32 Å². The number of rotatable bonds is 6. The van der Waals surface area contributed by atoms with Crippen molar-refractivity contribution in [3.63, 3.8) is 0 Å². The van der Waals surface area contributed by atoms with Crippen LogP contribution >= 0.6 is 22.7 Å². The lowest BCUT2D eigenvalue weighted by Gasteiger charge is -2.34. The summed E-state index contributed by atoms with van der Waals surface area (Å²) in [6, 6.07) is 2.00. The molecular formula is C22H29N3O4S2. The molecule has 168 valence electrons. The number of amides is 2. The van der Waals surface area contributed by atoms with Gasteiger partial charge in [0, 0.05) is 42.8 Å². The Morgan fingerprint density at radius 3 is 2.87 bits per heavy atom. The second-order valence-electron chi connectivity index (χ2n) is 8.60. The van der Waals surface area contributed by atoms with Crippen LogP contribution in [0.4, 0.5) is 0 Å². The van der Waals surface area contributed by atoms with E-state index in [1.807, 2.05) is 42.5 Å². The second kappa shape index (κ2) is 9.36. The average molecular weight is 464 g/mol. The number of thiazole rings is 1. The molecule has 31 heavy (non-hydrogen) atoms. The van der Waals surface area contributed by atoms with Crippen LogP contribution in [0, 0.1) is 6.92 Å². The molecule has 2 aliphatic heterocycles. The van der Waals surface area contributed by atoms with Crippen molar-refractivity contribution in [1.82, 2.24) is 15.2 Å². The SMILES string of the molecule is Cc1nc(-c2ccsc2)sc1C(=O)NC1CC(C)N(C(=O)COC2(C)CCOCC2)C1. The molecule has 4 rings (SSSR count). The fourth-order valence-electron chi connectivity index (χ4n) is 4.12. The fourth-order valence-corrected chi connectivity index (χ4v) is 5.80. The Hall–Kier alpha value is -1.81. The van der Waals surface area contributed by atoms with Crippen molar-refractivity contribution in [2.45, 2.75) is 57.7 Å². The van der Waals surface area contributed by atoms with Gasteiger partial charge in [-0.2, -0.15) is 11.3 Å². The van der Waals surface area contributed by atoms with Crippen LogP contribution in [0.5, 0.6) is 0 Å². The van der Waals surface area contributed by atoms with E-state index in [0.717, 1.165) is 35.5 Å². The number of hydrogen-bond donors (Lipinski definition) is 1. The zero-order valence-corrected chi connectivity index (χ0v) is 19.8. The minimum atomic E-state index is -0.297. The zero-order chi connectivity index (χ0) is 22.0. The van der Waals surface area contributed by atoms with Crippen molar-refractivity contribution in [2.75, 3.05) is 26.4 Å². The molecule has 7 nitrogen and oxygen atoms in total. The number of ether oxygens (including phenoxy) is 2. The van der Waals surface area contributed by atoms with Crippen LogP contribution in [0.25, 0.3) is 10.6 Å². The predicted molar refractivity (Wildman–Crippen MR) is 122 cm³/mol. The molecule has 1 N–H and O–H groups in total. The van der Waals surface area contributed by atoms with E-state index >= 15 is 0 Å². The first-order valence-corrected chi connectivity index (χ1v) is 12.4. The number of aromatic nitrogens is 1. The van der Waals surface area contributed by atoms with Crippen LogP contribution in [0.3, 0.4) is 0 Å². The number of carbonyl (C=O) groups excluding carboxylic acids is 2. The van der Waals surface area contributed by atoms with Gasteiger partial charge in [-0.05, 0) is 51.5 Å². The third-order valence-electron chi connectivity index (χ3n) is 6.10. The summed E-state index contributed by atoms with van der Waals surface area (Å²) in [5, 5.41) is 8.00. The van der Waals surface area contributed by atoms with Crippen LogP contribution in [0.15, 0.2) is 16.8 Å². The number of aryl methyl sites for hydroxylation is 1. The lowest BCUT2D eigenvalue weighted by atomic mass is 9.97. The Morgan fingerprint density at radius 1 is 1.39 bits per heavy atom. The summed E-state index contributed by atoms with van der Waals surface area (Å²) >= 11 is 3.02. The van der Waals surface area contributed by atoms with Gasteiger partial charge in [0.25, 0.3) is 5.91 Å². The van der Waals surface area contributed by atoms with E-state index in [2.05, 4.69) is 10.3 Å². The molecule has 0 radical (unpaired) electrons. The van der Waals surface area contributed by atoms with Gasteiger partial charge in [-0.1, -0.05) is 0 Å². The van der Waals surface area contributed by atoms with Gasteiger partial charge in [0.1, 0.15) is 16.5 Å². The van der Waals surface area contributed by atoms with Gasteiger partial charge in [0.05, 0.1) is 11.3 Å². The maximum absolute atomic E-state index is 12.9. The maximum atomic E-state index is 12.9. The largest absolute Gasteiger partial charge is 0.381 e. The van der Waals surface area contributed by atoms with Crippen molar-refractivity contribution < 1.29 is 19.1 Å². The Bertz CT molecular complexity index is 921. The zero-order valence-electron chi connectivity index (χ0n) is 18.2. The highest BCUT2D eigenvalue weighted by Crippen LogP contribution is 2.30. The van der Waals surface area contributed by atoms with E-state index in [-0.39, 0.29) is 36.1 Å². The van der Waals surface area contributed by atoms with Crippen LogP contribution in [0.1, 0.15) is 48.5 Å². The van der Waals surface area contributed by atoms with Crippen LogP contribution in [0.2, 0.25) is 0 Å². The summed E-state index contributed by atoms with van der Waals surface area (Å²) < 4.78 is 11.4. The lowest BCUT2D eigenvalue weighted by Crippen LogP contribution is -2.43. The molecule has 2 unspecified atom stereocenters. The first-order valence-electron chi connectivity index (χ1n) is 10.7. The number of nitrogens with zero attached hydrogens (tertiary/aromatic N) is 2. The molecule has 0 saturated carbocycles. The van der Waals surface area contributed by atoms with Crippen molar-refractivity contribution in [1.29, 1.82) is 0 Å². The van der Waals surface area contributed by atoms with E-state index in [9.17, 15) is 9.59 Å². The van der Waals surface area contributed by atoms with Crippen molar-refractivity contribution in [3.05, 3.63) is 27.4 Å². The summed E-state index contributed by atoms with van der Waals surface area (Å²) in [6.45, 7) is 7.84. The number of carbonyl (C=O) groups is 2. The molecule has 2 atom stereocenters. The first kappa shape index (κ1) is 22.4. The van der Waals surface area contributed by atoms with Gasteiger partial charge in [-0.25, -0.2) is 4.98 Å². The quantitative estimate of drug-likeness (QED) is 0.709. The number of hydrogen-bond acceptors (Lipinski definition) is 7. The fraction of sp³-hybridized carbons (Fsp3) is 0.591. The molecule has 2 saturated heterocycles. The van der Waals surface area contributed by atoms with Crippen molar-refractivity contribution in [2.24, 2.45) is 0 Å². The smallest absolute Gasteiger partial charge is 0.263 e. The Kier molecular flexibility index (Phi) is 6.76. The topological polar surface area (TPSA) is 80.8 Å². The van der Waals surface area contributed by atoms with E-state index in [0.29, 0.717) is 24.6 Å². The minimum Gasteiger partial charge on any atom is -0.381 e. The molecule has 0 aliphatic carbocycles. The summed E-state index contributed by atoms with van der Waals surface area (Å²) in [5.74, 6) is -0.139. The monoisotopic (exact) mass is 463 g/mol. The molecule has 2 fully saturated rings. The highest BCUT2D eigenvalue weighted by Gasteiger charge is 2.35. The molecule has 2 aromatic rings.